The lowest BCUT2D eigenvalue weighted by Crippen LogP contribution is -2.09. The zero-order chi connectivity index (χ0) is 13.5. The topological polar surface area (TPSA) is 47.0 Å². The smallest absolute Gasteiger partial charge is 0.157 e. The molecule has 0 fully saturated rings. The molecule has 1 aromatic heterocycles. The molecule has 0 aliphatic rings. The van der Waals surface area contributed by atoms with Crippen molar-refractivity contribution in [1.29, 1.82) is 0 Å². The quantitative estimate of drug-likeness (QED) is 0.608. The van der Waals surface area contributed by atoms with Gasteiger partial charge in [0.25, 0.3) is 0 Å². The van der Waals surface area contributed by atoms with Crippen molar-refractivity contribution in [1.82, 2.24) is 9.97 Å². The van der Waals surface area contributed by atoms with E-state index >= 15 is 0 Å². The molecule has 1 atom stereocenters. The van der Waals surface area contributed by atoms with E-state index in [2.05, 4.69) is 43.0 Å². The SMILES string of the molecule is CCNc1cc(SC(C)C(C)C)nc(COC)n1. The highest BCUT2D eigenvalue weighted by Crippen LogP contribution is 2.27. The molecule has 4 nitrogen and oxygen atoms in total. The average Bonchev–Trinajstić information content (AvgIpc) is 2.29. The van der Waals surface area contributed by atoms with E-state index < -0.39 is 0 Å². The number of ether oxygens (including phenoxy) is 1. The third kappa shape index (κ3) is 4.82. The number of aromatic nitrogens is 2. The van der Waals surface area contributed by atoms with Gasteiger partial charge in [0.1, 0.15) is 17.5 Å². The van der Waals surface area contributed by atoms with Crippen LogP contribution in [-0.4, -0.2) is 28.9 Å². The van der Waals surface area contributed by atoms with Gasteiger partial charge in [-0.1, -0.05) is 20.8 Å². The number of nitrogens with one attached hydrogen (secondary N) is 1. The van der Waals surface area contributed by atoms with E-state index in [0.29, 0.717) is 17.8 Å². The zero-order valence-electron chi connectivity index (χ0n) is 11.9. The molecular weight excluding hydrogens is 246 g/mol. The minimum Gasteiger partial charge on any atom is -0.377 e. The standard InChI is InChI=1S/C13H23N3OS/c1-6-14-11-7-13(18-10(4)9(2)3)16-12(15-11)8-17-5/h7,9-10H,6,8H2,1-5H3,(H,14,15,16). The summed E-state index contributed by atoms with van der Waals surface area (Å²) in [5.41, 5.74) is 0. The summed E-state index contributed by atoms with van der Waals surface area (Å²) in [5, 5.41) is 4.77. The number of rotatable bonds is 7. The Labute approximate surface area is 114 Å². The number of hydrogen-bond donors (Lipinski definition) is 1. The molecule has 0 aliphatic heterocycles. The van der Waals surface area contributed by atoms with Crippen molar-refractivity contribution in [3.05, 3.63) is 11.9 Å². The molecule has 1 aromatic rings. The maximum atomic E-state index is 5.11. The van der Waals surface area contributed by atoms with Crippen molar-refractivity contribution in [2.75, 3.05) is 19.0 Å². The Balaban J connectivity index is 2.87. The van der Waals surface area contributed by atoms with Crippen LogP contribution in [0.3, 0.4) is 0 Å². The van der Waals surface area contributed by atoms with Crippen LogP contribution < -0.4 is 5.32 Å². The van der Waals surface area contributed by atoms with Gasteiger partial charge in [0.15, 0.2) is 5.82 Å². The molecule has 18 heavy (non-hydrogen) atoms. The highest BCUT2D eigenvalue weighted by molar-refractivity contribution is 7.99. The molecule has 1 heterocycles. The van der Waals surface area contributed by atoms with Gasteiger partial charge in [0.05, 0.1) is 0 Å². The Hall–Kier alpha value is -0.810. The Bertz CT molecular complexity index is 347. The van der Waals surface area contributed by atoms with Crippen LogP contribution in [0.1, 0.15) is 33.5 Å². The number of hydrogen-bond acceptors (Lipinski definition) is 5. The fraction of sp³-hybridized carbons (Fsp3) is 0.692. The van der Waals surface area contributed by atoms with Crippen molar-refractivity contribution < 1.29 is 4.74 Å². The summed E-state index contributed by atoms with van der Waals surface area (Å²) in [6.45, 7) is 10.0. The molecule has 1 N–H and O–H groups in total. The average molecular weight is 269 g/mol. The largest absolute Gasteiger partial charge is 0.377 e. The molecule has 0 radical (unpaired) electrons. The molecule has 0 saturated heterocycles. The van der Waals surface area contributed by atoms with Gasteiger partial charge in [-0.2, -0.15) is 0 Å². The van der Waals surface area contributed by atoms with E-state index in [9.17, 15) is 0 Å². The molecular formula is C13H23N3OS. The lowest BCUT2D eigenvalue weighted by Gasteiger charge is -2.15. The van der Waals surface area contributed by atoms with Crippen molar-refractivity contribution >= 4 is 17.6 Å². The first kappa shape index (κ1) is 15.2. The maximum Gasteiger partial charge on any atom is 0.157 e. The van der Waals surface area contributed by atoms with Gasteiger partial charge in [-0.25, -0.2) is 9.97 Å². The van der Waals surface area contributed by atoms with E-state index in [0.717, 1.165) is 23.2 Å². The molecule has 0 aliphatic carbocycles. The van der Waals surface area contributed by atoms with Crippen molar-refractivity contribution in [3.63, 3.8) is 0 Å². The Morgan fingerprint density at radius 1 is 1.33 bits per heavy atom. The monoisotopic (exact) mass is 269 g/mol. The first-order chi connectivity index (χ1) is 8.56. The van der Waals surface area contributed by atoms with Gasteiger partial charge in [-0.05, 0) is 12.8 Å². The second kappa shape index (κ2) is 7.59. The van der Waals surface area contributed by atoms with Gasteiger partial charge in [0, 0.05) is 25.0 Å². The van der Waals surface area contributed by atoms with Gasteiger partial charge in [-0.15, -0.1) is 11.8 Å². The van der Waals surface area contributed by atoms with Crippen LogP contribution in [-0.2, 0) is 11.3 Å². The van der Waals surface area contributed by atoms with Gasteiger partial charge < -0.3 is 10.1 Å². The van der Waals surface area contributed by atoms with Gasteiger partial charge in [-0.3, -0.25) is 0 Å². The number of thioether (sulfide) groups is 1. The first-order valence-corrected chi connectivity index (χ1v) is 7.22. The predicted octanol–water partition coefficient (Wildman–Crippen LogP) is 3.19. The van der Waals surface area contributed by atoms with E-state index in [1.807, 2.05) is 6.07 Å². The summed E-state index contributed by atoms with van der Waals surface area (Å²) in [5.74, 6) is 2.23. The van der Waals surface area contributed by atoms with E-state index in [1.54, 1.807) is 18.9 Å². The molecule has 1 unspecified atom stereocenters. The van der Waals surface area contributed by atoms with Crippen molar-refractivity contribution in [3.8, 4) is 0 Å². The zero-order valence-corrected chi connectivity index (χ0v) is 12.7. The summed E-state index contributed by atoms with van der Waals surface area (Å²) in [4.78, 5) is 8.92. The van der Waals surface area contributed by atoms with Crippen LogP contribution in [0, 0.1) is 5.92 Å². The minimum absolute atomic E-state index is 0.447. The van der Waals surface area contributed by atoms with E-state index in [-0.39, 0.29) is 0 Å². The summed E-state index contributed by atoms with van der Waals surface area (Å²) < 4.78 is 5.11. The maximum absolute atomic E-state index is 5.11. The minimum atomic E-state index is 0.447. The number of methoxy groups -OCH3 is 1. The third-order valence-electron chi connectivity index (χ3n) is 2.63. The fourth-order valence-corrected chi connectivity index (χ4v) is 2.32. The van der Waals surface area contributed by atoms with Crippen LogP contribution in [0.5, 0.6) is 0 Å². The molecule has 0 saturated carbocycles. The molecule has 0 aromatic carbocycles. The van der Waals surface area contributed by atoms with Crippen molar-refractivity contribution in [2.45, 2.75) is 44.6 Å². The van der Waals surface area contributed by atoms with Crippen LogP contribution in [0.4, 0.5) is 5.82 Å². The van der Waals surface area contributed by atoms with E-state index in [1.165, 1.54) is 0 Å². The lowest BCUT2D eigenvalue weighted by atomic mass is 10.2. The van der Waals surface area contributed by atoms with Gasteiger partial charge in [0.2, 0.25) is 0 Å². The van der Waals surface area contributed by atoms with Crippen LogP contribution in [0.25, 0.3) is 0 Å². The van der Waals surface area contributed by atoms with Crippen LogP contribution in [0.2, 0.25) is 0 Å². The summed E-state index contributed by atoms with van der Waals surface area (Å²) in [7, 11) is 1.66. The highest BCUT2D eigenvalue weighted by Gasteiger charge is 2.12. The number of anilines is 1. The second-order valence-corrected chi connectivity index (χ2v) is 5.94. The molecule has 0 spiro atoms. The fourth-order valence-electron chi connectivity index (χ4n) is 1.32. The van der Waals surface area contributed by atoms with Crippen molar-refractivity contribution in [2.24, 2.45) is 5.92 Å². The van der Waals surface area contributed by atoms with E-state index in [4.69, 9.17) is 4.74 Å². The highest BCUT2D eigenvalue weighted by atomic mass is 32.2. The van der Waals surface area contributed by atoms with Crippen LogP contribution >= 0.6 is 11.8 Å². The lowest BCUT2D eigenvalue weighted by molar-refractivity contribution is 0.177. The normalized spacial score (nSPS) is 12.8. The summed E-state index contributed by atoms with van der Waals surface area (Å²) in [6, 6.07) is 2.01. The Morgan fingerprint density at radius 3 is 2.61 bits per heavy atom. The summed E-state index contributed by atoms with van der Waals surface area (Å²) in [6.07, 6.45) is 0. The molecule has 0 bridgehead atoms. The Morgan fingerprint density at radius 2 is 2.06 bits per heavy atom. The summed E-state index contributed by atoms with van der Waals surface area (Å²) >= 11 is 1.79. The number of nitrogens with zero attached hydrogens (tertiary/aromatic N) is 2. The predicted molar refractivity (Wildman–Crippen MR) is 77.1 cm³/mol. The third-order valence-corrected chi connectivity index (χ3v) is 3.99. The molecule has 5 heteroatoms. The van der Waals surface area contributed by atoms with Crippen LogP contribution in [0.15, 0.2) is 11.1 Å². The molecule has 102 valence electrons. The molecule has 0 amide bonds. The second-order valence-electron chi connectivity index (χ2n) is 4.54. The van der Waals surface area contributed by atoms with Gasteiger partial charge >= 0.3 is 0 Å². The Kier molecular flexibility index (Phi) is 6.43. The molecule has 1 rings (SSSR count). The first-order valence-electron chi connectivity index (χ1n) is 6.34.